The summed E-state index contributed by atoms with van der Waals surface area (Å²) in [5, 5.41) is 11.2. The van der Waals surface area contributed by atoms with E-state index in [2.05, 4.69) is 15.5 Å². The van der Waals surface area contributed by atoms with Gasteiger partial charge in [-0.15, -0.1) is 0 Å². The smallest absolute Gasteiger partial charge is 0.251 e. The molecule has 0 saturated heterocycles. The Morgan fingerprint density at radius 2 is 1.74 bits per heavy atom. The van der Waals surface area contributed by atoms with E-state index >= 15 is 0 Å². The summed E-state index contributed by atoms with van der Waals surface area (Å²) in [6.07, 6.45) is 7.47. The van der Waals surface area contributed by atoms with E-state index in [-0.39, 0.29) is 11.8 Å². The third kappa shape index (κ3) is 5.58. The number of benzene rings is 1. The van der Waals surface area contributed by atoms with Gasteiger partial charge in [-0.2, -0.15) is 10.2 Å². The molecule has 2 heterocycles. The van der Waals surface area contributed by atoms with Crippen LogP contribution >= 0.6 is 0 Å². The van der Waals surface area contributed by atoms with Gasteiger partial charge in [-0.1, -0.05) is 6.07 Å². The van der Waals surface area contributed by atoms with Gasteiger partial charge < -0.3 is 15.0 Å². The number of rotatable bonds is 10. The maximum absolute atomic E-state index is 13.3. The highest BCUT2D eigenvalue weighted by Gasteiger charge is 2.24. The van der Waals surface area contributed by atoms with Crippen molar-refractivity contribution in [2.24, 2.45) is 0 Å². The molecule has 0 aliphatic heterocycles. The quantitative estimate of drug-likeness (QED) is 0.505. The van der Waals surface area contributed by atoms with Crippen LogP contribution in [0, 0.1) is 0 Å². The van der Waals surface area contributed by atoms with E-state index in [1.54, 1.807) is 77.3 Å². The molecule has 3 aromatic rings. The van der Waals surface area contributed by atoms with Crippen molar-refractivity contribution in [1.82, 2.24) is 19.6 Å². The van der Waals surface area contributed by atoms with Gasteiger partial charge in [-0.05, 0) is 50.6 Å². The topological polar surface area (TPSA) is 94.3 Å². The molecule has 9 heteroatoms. The van der Waals surface area contributed by atoms with Gasteiger partial charge in [-0.3, -0.25) is 19.0 Å². The third-order valence-electron chi connectivity index (χ3n) is 5.00. The van der Waals surface area contributed by atoms with E-state index in [4.69, 9.17) is 4.74 Å². The fraction of sp³-hybridized carbons (Fsp3) is 0.364. The molecule has 2 unspecified atom stereocenters. The van der Waals surface area contributed by atoms with E-state index in [9.17, 15) is 9.59 Å². The zero-order chi connectivity index (χ0) is 22.2. The number of anilines is 2. The van der Waals surface area contributed by atoms with Crippen LogP contribution in [-0.2, 0) is 14.3 Å². The van der Waals surface area contributed by atoms with Crippen LogP contribution in [0.1, 0.15) is 32.4 Å². The monoisotopic (exact) mass is 424 g/mol. The lowest BCUT2D eigenvalue weighted by Gasteiger charge is -2.26. The molecule has 0 fully saturated rings. The van der Waals surface area contributed by atoms with Gasteiger partial charge in [0.15, 0.2) is 0 Å². The van der Waals surface area contributed by atoms with E-state index in [1.165, 1.54) is 0 Å². The molecule has 2 atom stereocenters. The predicted molar refractivity (Wildman–Crippen MR) is 118 cm³/mol. The molecule has 0 aliphatic carbocycles. The number of nitrogens with zero attached hydrogens (tertiary/aromatic N) is 5. The van der Waals surface area contributed by atoms with E-state index < -0.39 is 12.1 Å². The lowest BCUT2D eigenvalue weighted by molar-refractivity contribution is -0.121. The van der Waals surface area contributed by atoms with E-state index in [0.29, 0.717) is 30.9 Å². The lowest BCUT2D eigenvalue weighted by Crippen LogP contribution is -2.37. The van der Waals surface area contributed by atoms with Gasteiger partial charge in [0, 0.05) is 56.4 Å². The molecule has 1 N–H and O–H groups in total. The highest BCUT2D eigenvalue weighted by molar-refractivity contribution is 5.98. The first-order valence-electron chi connectivity index (χ1n) is 10.2. The molecule has 0 spiro atoms. The van der Waals surface area contributed by atoms with Crippen LogP contribution in [0.4, 0.5) is 11.4 Å². The Balaban J connectivity index is 1.78. The minimum atomic E-state index is -0.462. The Labute approximate surface area is 181 Å². The summed E-state index contributed by atoms with van der Waals surface area (Å²) in [7, 11) is 1.63. The SMILES string of the molecule is COCCCN(C(=O)C(C)n1cccn1)c1cccc(NC(=O)C(C)n2cccn2)c1. The van der Waals surface area contributed by atoms with Gasteiger partial charge >= 0.3 is 0 Å². The molecule has 0 saturated carbocycles. The predicted octanol–water partition coefficient (Wildman–Crippen LogP) is 2.91. The first kappa shape index (κ1) is 22.2. The van der Waals surface area contributed by atoms with Crippen LogP contribution in [0.2, 0.25) is 0 Å². The van der Waals surface area contributed by atoms with E-state index in [0.717, 1.165) is 0 Å². The Morgan fingerprint density at radius 3 is 2.35 bits per heavy atom. The molecule has 0 aliphatic rings. The molecule has 31 heavy (non-hydrogen) atoms. The second-order valence-electron chi connectivity index (χ2n) is 7.20. The number of hydrogen-bond acceptors (Lipinski definition) is 5. The van der Waals surface area contributed by atoms with Crippen LogP contribution in [-0.4, -0.2) is 51.6 Å². The molecule has 1 aromatic carbocycles. The van der Waals surface area contributed by atoms with Crippen LogP contribution in [0.3, 0.4) is 0 Å². The molecule has 3 rings (SSSR count). The molecule has 2 aromatic heterocycles. The number of carbonyl (C=O) groups is 2. The van der Waals surface area contributed by atoms with Gasteiger partial charge in [0.05, 0.1) is 0 Å². The van der Waals surface area contributed by atoms with Crippen molar-refractivity contribution in [2.75, 3.05) is 30.5 Å². The van der Waals surface area contributed by atoms with Crippen molar-refractivity contribution in [2.45, 2.75) is 32.4 Å². The highest BCUT2D eigenvalue weighted by atomic mass is 16.5. The zero-order valence-corrected chi connectivity index (χ0v) is 18.0. The Hall–Kier alpha value is -3.46. The molecule has 9 nitrogen and oxygen atoms in total. The number of amides is 2. The Bertz CT molecular complexity index is 971. The number of aromatic nitrogens is 4. The molecule has 2 amide bonds. The van der Waals surface area contributed by atoms with Gasteiger partial charge in [0.2, 0.25) is 5.91 Å². The van der Waals surface area contributed by atoms with Gasteiger partial charge in [0.25, 0.3) is 5.91 Å². The molecule has 164 valence electrons. The van der Waals surface area contributed by atoms with Crippen molar-refractivity contribution < 1.29 is 14.3 Å². The second-order valence-corrected chi connectivity index (χ2v) is 7.20. The summed E-state index contributed by atoms with van der Waals surface area (Å²) in [5.41, 5.74) is 1.31. The maximum Gasteiger partial charge on any atom is 0.251 e. The normalized spacial score (nSPS) is 12.9. The molecule has 0 bridgehead atoms. The van der Waals surface area contributed by atoms with Crippen LogP contribution in [0.5, 0.6) is 0 Å². The fourth-order valence-corrected chi connectivity index (χ4v) is 3.21. The number of ether oxygens (including phenoxy) is 1. The Morgan fingerprint density at radius 1 is 1.06 bits per heavy atom. The van der Waals surface area contributed by atoms with Crippen LogP contribution < -0.4 is 10.2 Å². The maximum atomic E-state index is 13.3. The fourth-order valence-electron chi connectivity index (χ4n) is 3.21. The average Bonchev–Trinajstić information content (AvgIpc) is 3.50. The zero-order valence-electron chi connectivity index (χ0n) is 18.0. The summed E-state index contributed by atoms with van der Waals surface area (Å²) in [5.74, 6) is -0.281. The lowest BCUT2D eigenvalue weighted by atomic mass is 10.2. The minimum absolute atomic E-state index is 0.0896. The van der Waals surface area contributed by atoms with Crippen LogP contribution in [0.15, 0.2) is 61.2 Å². The summed E-state index contributed by atoms with van der Waals surface area (Å²) >= 11 is 0. The van der Waals surface area contributed by atoms with E-state index in [1.807, 2.05) is 19.1 Å². The largest absolute Gasteiger partial charge is 0.385 e. The second kappa shape index (κ2) is 10.5. The minimum Gasteiger partial charge on any atom is -0.385 e. The van der Waals surface area contributed by atoms with Crippen molar-refractivity contribution in [3.8, 4) is 0 Å². The van der Waals surface area contributed by atoms with Crippen molar-refractivity contribution in [1.29, 1.82) is 0 Å². The molecular formula is C22H28N6O3. The van der Waals surface area contributed by atoms with Crippen molar-refractivity contribution in [3.05, 3.63) is 61.2 Å². The number of methoxy groups -OCH3 is 1. The number of hydrogen-bond donors (Lipinski definition) is 1. The summed E-state index contributed by atoms with van der Waals surface area (Å²) < 4.78 is 8.37. The summed E-state index contributed by atoms with van der Waals surface area (Å²) in [6, 6.07) is 9.91. The summed E-state index contributed by atoms with van der Waals surface area (Å²) in [4.78, 5) is 27.6. The average molecular weight is 425 g/mol. The highest BCUT2D eigenvalue weighted by Crippen LogP contribution is 2.23. The number of carbonyl (C=O) groups excluding carboxylic acids is 2. The first-order valence-corrected chi connectivity index (χ1v) is 10.2. The third-order valence-corrected chi connectivity index (χ3v) is 5.00. The molecule has 0 radical (unpaired) electrons. The van der Waals surface area contributed by atoms with Crippen LogP contribution in [0.25, 0.3) is 0 Å². The first-order chi connectivity index (χ1) is 15.0. The van der Waals surface area contributed by atoms with Gasteiger partial charge in [-0.25, -0.2) is 0 Å². The summed E-state index contributed by atoms with van der Waals surface area (Å²) in [6.45, 7) is 4.62. The van der Waals surface area contributed by atoms with Crippen molar-refractivity contribution in [3.63, 3.8) is 0 Å². The number of nitrogens with one attached hydrogen (secondary N) is 1. The van der Waals surface area contributed by atoms with Crippen molar-refractivity contribution >= 4 is 23.2 Å². The Kier molecular flexibility index (Phi) is 7.55. The van der Waals surface area contributed by atoms with Gasteiger partial charge in [0.1, 0.15) is 12.1 Å². The standard InChI is InChI=1S/C22H28N6O3/c1-17(27-13-5-10-23-27)21(29)25-19-8-4-9-20(16-19)26(12-7-15-31-3)22(30)18(2)28-14-6-11-24-28/h4-6,8-11,13-14,16-18H,7,12,15H2,1-3H3,(H,25,29). The molecular weight excluding hydrogens is 396 g/mol.